The maximum Gasteiger partial charge on any atom is 0.250 e. The Kier molecular flexibility index (Phi) is 9.16. The Morgan fingerprint density at radius 1 is 1.26 bits per heavy atom. The van der Waals surface area contributed by atoms with E-state index >= 15 is 0 Å². The van der Waals surface area contributed by atoms with Crippen molar-refractivity contribution >= 4 is 17.7 Å². The minimum absolute atomic E-state index is 0.163. The van der Waals surface area contributed by atoms with Crippen molar-refractivity contribution in [2.45, 2.75) is 56.2 Å². The molecule has 1 saturated heterocycles. The van der Waals surface area contributed by atoms with Gasteiger partial charge in [0, 0.05) is 28.8 Å². The maximum absolute atomic E-state index is 11.7. The van der Waals surface area contributed by atoms with Crippen LogP contribution in [-0.4, -0.2) is 35.7 Å². The van der Waals surface area contributed by atoms with E-state index in [-0.39, 0.29) is 5.91 Å². The van der Waals surface area contributed by atoms with Gasteiger partial charge in [-0.15, -0.1) is 11.8 Å². The minimum Gasteiger partial charge on any atom is -0.348 e. The summed E-state index contributed by atoms with van der Waals surface area (Å²) < 4.78 is 0. The number of likely N-dealkylation sites (tertiary alicyclic amines) is 1. The number of thioether (sulfide) groups is 1. The lowest BCUT2D eigenvalue weighted by Crippen LogP contribution is -2.37. The van der Waals surface area contributed by atoms with Crippen molar-refractivity contribution < 1.29 is 4.79 Å². The quantitative estimate of drug-likeness (QED) is 0.452. The van der Waals surface area contributed by atoms with Gasteiger partial charge in [0.05, 0.1) is 0 Å². The van der Waals surface area contributed by atoms with Crippen LogP contribution in [0.25, 0.3) is 0 Å². The van der Waals surface area contributed by atoms with Gasteiger partial charge in [-0.05, 0) is 49.5 Å². The molecule has 1 aromatic rings. The van der Waals surface area contributed by atoms with Gasteiger partial charge < -0.3 is 10.2 Å². The third-order valence-electron chi connectivity index (χ3n) is 5.42. The number of hydrogen-bond donors (Lipinski definition) is 1. The smallest absolute Gasteiger partial charge is 0.250 e. The lowest BCUT2D eigenvalue weighted by atomic mass is 10.0. The molecule has 27 heavy (non-hydrogen) atoms. The van der Waals surface area contributed by atoms with E-state index in [9.17, 15) is 4.79 Å². The molecule has 1 aromatic carbocycles. The molecule has 1 amide bonds. The number of amides is 1. The zero-order chi connectivity index (χ0) is 19.6. The van der Waals surface area contributed by atoms with Crippen LogP contribution >= 0.6 is 11.8 Å². The van der Waals surface area contributed by atoms with Crippen molar-refractivity contribution in [2.24, 2.45) is 5.92 Å². The number of nitrogens with zero attached hydrogens (tertiary/aromatic N) is 1. The van der Waals surface area contributed by atoms with Crippen LogP contribution in [0.2, 0.25) is 0 Å². The van der Waals surface area contributed by atoms with Crippen LogP contribution < -0.4 is 5.32 Å². The molecule has 3 nitrogen and oxygen atoms in total. The molecule has 0 saturated carbocycles. The van der Waals surface area contributed by atoms with E-state index < -0.39 is 0 Å². The molecule has 0 radical (unpaired) electrons. The molecule has 0 spiro atoms. The minimum atomic E-state index is -0.163. The Bertz CT molecular complexity index is 614. The second kappa shape index (κ2) is 11.4. The number of piperidine rings is 1. The van der Waals surface area contributed by atoms with Crippen molar-refractivity contribution in [3.63, 3.8) is 0 Å². The van der Waals surface area contributed by atoms with Gasteiger partial charge in [0.25, 0.3) is 5.91 Å². The van der Waals surface area contributed by atoms with Gasteiger partial charge in [0.15, 0.2) is 0 Å². The van der Waals surface area contributed by atoms with Gasteiger partial charge in [0.1, 0.15) is 0 Å². The summed E-state index contributed by atoms with van der Waals surface area (Å²) in [7, 11) is 0. The van der Waals surface area contributed by atoms with E-state index in [0.29, 0.717) is 17.4 Å². The normalized spacial score (nSPS) is 15.7. The van der Waals surface area contributed by atoms with Crippen molar-refractivity contribution in [2.75, 3.05) is 19.6 Å². The molecule has 1 aliphatic heterocycles. The fraction of sp³-hybridized carbons (Fsp3) is 0.522. The van der Waals surface area contributed by atoms with E-state index in [1.165, 1.54) is 56.3 Å². The standard InChI is InChI=1S/C23H34N2OS/c1-5-18(4)23(26)24-16-20-8-10-21(11-9-20)27-22-12-14-25(15-13-22)17-19(6-2)7-3/h5,8-11,19,22H,1,4,6-7,12-17H2,2-3H3,(H,24,26). The van der Waals surface area contributed by atoms with Gasteiger partial charge in [-0.1, -0.05) is 58.1 Å². The zero-order valence-electron chi connectivity index (χ0n) is 16.9. The fourth-order valence-corrected chi connectivity index (χ4v) is 4.51. The molecule has 148 valence electrons. The van der Waals surface area contributed by atoms with Crippen LogP contribution in [-0.2, 0) is 11.3 Å². The monoisotopic (exact) mass is 386 g/mol. The van der Waals surface area contributed by atoms with Gasteiger partial charge in [-0.2, -0.15) is 0 Å². The summed E-state index contributed by atoms with van der Waals surface area (Å²) in [5.41, 5.74) is 1.50. The third-order valence-corrected chi connectivity index (χ3v) is 6.77. The molecular weight excluding hydrogens is 352 g/mol. The third kappa shape index (κ3) is 7.19. The molecule has 1 aliphatic rings. The molecule has 0 atom stereocenters. The summed E-state index contributed by atoms with van der Waals surface area (Å²) in [4.78, 5) is 15.7. The van der Waals surface area contributed by atoms with Gasteiger partial charge in [-0.3, -0.25) is 4.79 Å². The highest BCUT2D eigenvalue weighted by Crippen LogP contribution is 2.31. The summed E-state index contributed by atoms with van der Waals surface area (Å²) in [5, 5.41) is 3.57. The van der Waals surface area contributed by atoms with E-state index in [1.807, 2.05) is 11.8 Å². The van der Waals surface area contributed by atoms with Crippen LogP contribution in [0.3, 0.4) is 0 Å². The first kappa shape index (κ1) is 21.8. The highest BCUT2D eigenvalue weighted by atomic mass is 32.2. The Balaban J connectivity index is 1.74. The van der Waals surface area contributed by atoms with Crippen LogP contribution in [0, 0.1) is 5.92 Å². The largest absolute Gasteiger partial charge is 0.348 e. The maximum atomic E-state index is 11.7. The van der Waals surface area contributed by atoms with Crippen molar-refractivity contribution in [3.05, 3.63) is 54.6 Å². The van der Waals surface area contributed by atoms with Gasteiger partial charge >= 0.3 is 0 Å². The zero-order valence-corrected chi connectivity index (χ0v) is 17.7. The lowest BCUT2D eigenvalue weighted by Gasteiger charge is -2.33. The summed E-state index contributed by atoms with van der Waals surface area (Å²) in [6.07, 6.45) is 6.60. The molecule has 1 heterocycles. The predicted octanol–water partition coefficient (Wildman–Crippen LogP) is 5.04. The Morgan fingerprint density at radius 2 is 1.89 bits per heavy atom. The van der Waals surface area contributed by atoms with Crippen LogP contribution in [0.4, 0.5) is 0 Å². The number of carbonyl (C=O) groups excluding carboxylic acids is 1. The summed E-state index contributed by atoms with van der Waals surface area (Å²) >= 11 is 2.00. The molecular formula is C23H34N2OS. The number of nitrogens with one attached hydrogen (secondary N) is 1. The SMILES string of the molecule is C=CC(=C)C(=O)NCc1ccc(SC2CCN(CC(CC)CC)CC2)cc1. The first-order chi connectivity index (χ1) is 13.0. The molecule has 4 heteroatoms. The molecule has 1 fully saturated rings. The topological polar surface area (TPSA) is 32.3 Å². The fourth-order valence-electron chi connectivity index (χ4n) is 3.39. The van der Waals surface area contributed by atoms with E-state index in [1.54, 1.807) is 0 Å². The molecule has 2 rings (SSSR count). The van der Waals surface area contributed by atoms with Crippen LogP contribution in [0.15, 0.2) is 54.0 Å². The molecule has 0 unspecified atom stereocenters. The van der Waals surface area contributed by atoms with Gasteiger partial charge in [-0.25, -0.2) is 0 Å². The molecule has 1 N–H and O–H groups in total. The molecule has 0 aliphatic carbocycles. The average Bonchev–Trinajstić information content (AvgIpc) is 2.71. The van der Waals surface area contributed by atoms with Gasteiger partial charge in [0.2, 0.25) is 0 Å². The first-order valence-corrected chi connectivity index (χ1v) is 11.0. The van der Waals surface area contributed by atoms with E-state index in [4.69, 9.17) is 0 Å². The number of carbonyl (C=O) groups is 1. The number of benzene rings is 1. The van der Waals surface area contributed by atoms with E-state index in [0.717, 1.165) is 11.5 Å². The Hall–Kier alpha value is -1.52. The highest BCUT2D eigenvalue weighted by molar-refractivity contribution is 8.00. The van der Waals surface area contributed by atoms with Crippen LogP contribution in [0.5, 0.6) is 0 Å². The predicted molar refractivity (Wildman–Crippen MR) is 117 cm³/mol. The molecule has 0 bridgehead atoms. The summed E-state index contributed by atoms with van der Waals surface area (Å²) in [6.45, 7) is 16.1. The van der Waals surface area contributed by atoms with E-state index in [2.05, 4.69) is 61.5 Å². The van der Waals surface area contributed by atoms with Crippen LogP contribution in [0.1, 0.15) is 45.1 Å². The highest BCUT2D eigenvalue weighted by Gasteiger charge is 2.21. The summed E-state index contributed by atoms with van der Waals surface area (Å²) in [5.74, 6) is 0.689. The Morgan fingerprint density at radius 3 is 2.44 bits per heavy atom. The first-order valence-electron chi connectivity index (χ1n) is 10.1. The Labute approximate surface area is 169 Å². The second-order valence-corrected chi connectivity index (χ2v) is 8.73. The van der Waals surface area contributed by atoms with Crippen molar-refractivity contribution in [3.8, 4) is 0 Å². The lowest BCUT2D eigenvalue weighted by molar-refractivity contribution is -0.117. The van der Waals surface area contributed by atoms with Crippen molar-refractivity contribution in [1.29, 1.82) is 0 Å². The number of rotatable bonds is 10. The summed E-state index contributed by atoms with van der Waals surface area (Å²) in [6, 6.07) is 8.54. The number of hydrogen-bond acceptors (Lipinski definition) is 3. The molecule has 0 aromatic heterocycles. The average molecular weight is 387 g/mol. The second-order valence-electron chi connectivity index (χ2n) is 7.36. The van der Waals surface area contributed by atoms with Crippen molar-refractivity contribution in [1.82, 2.24) is 10.2 Å².